The molecule has 2 atom stereocenters. The summed E-state index contributed by atoms with van der Waals surface area (Å²) in [7, 11) is -4.09. The highest BCUT2D eigenvalue weighted by atomic mass is 35.5. The molecular weight excluding hydrogens is 430 g/mol. The van der Waals surface area contributed by atoms with E-state index in [2.05, 4.69) is 5.32 Å². The molecule has 0 spiro atoms. The van der Waals surface area contributed by atoms with Crippen molar-refractivity contribution in [2.24, 2.45) is 5.92 Å². The van der Waals surface area contributed by atoms with Gasteiger partial charge in [-0.05, 0) is 55.9 Å². The number of nitrogens with one attached hydrogen (secondary N) is 1. The minimum absolute atomic E-state index is 0.00214. The van der Waals surface area contributed by atoms with Gasteiger partial charge in [0.1, 0.15) is 6.04 Å². The molecule has 1 aromatic carbocycles. The lowest BCUT2D eigenvalue weighted by Crippen LogP contribution is -2.52. The fourth-order valence-corrected chi connectivity index (χ4v) is 5.78. The first-order chi connectivity index (χ1) is 14.1. The first-order valence-corrected chi connectivity index (χ1v) is 11.6. The number of amides is 2. The van der Waals surface area contributed by atoms with Gasteiger partial charge in [0, 0.05) is 37.1 Å². The van der Waals surface area contributed by atoms with Gasteiger partial charge in [-0.2, -0.15) is 0 Å². The normalized spacial score (nSPS) is 22.2. The monoisotopic (exact) mass is 455 g/mol. The number of benzene rings is 1. The number of aliphatic hydroxyl groups is 1. The molecule has 2 heterocycles. The van der Waals surface area contributed by atoms with Gasteiger partial charge in [0.15, 0.2) is 0 Å². The topological polar surface area (TPSA) is 107 Å². The van der Waals surface area contributed by atoms with Gasteiger partial charge in [-0.15, -0.1) is 0 Å². The number of aryl methyl sites for hydroxylation is 2. The Kier molecular flexibility index (Phi) is 6.74. The number of rotatable bonds is 5. The van der Waals surface area contributed by atoms with Crippen LogP contribution in [0, 0.1) is 19.8 Å². The maximum atomic E-state index is 13.4. The molecule has 0 saturated carbocycles. The molecular formula is C20H26ClN3O5S. The van der Waals surface area contributed by atoms with Crippen molar-refractivity contribution >= 4 is 33.4 Å². The zero-order chi connectivity index (χ0) is 22.1. The molecule has 0 aliphatic carbocycles. The lowest BCUT2D eigenvalue weighted by Gasteiger charge is -2.35. The van der Waals surface area contributed by atoms with Crippen LogP contribution in [0.5, 0.6) is 0 Å². The van der Waals surface area contributed by atoms with Crippen LogP contribution in [0.4, 0.5) is 0 Å². The molecule has 1 aromatic rings. The highest BCUT2D eigenvalue weighted by molar-refractivity contribution is 7.89. The minimum Gasteiger partial charge on any atom is -0.396 e. The third-order valence-corrected chi connectivity index (χ3v) is 7.90. The number of carbonyl (C=O) groups is 2. The predicted octanol–water partition coefficient (Wildman–Crippen LogP) is 1.54. The standard InChI is InChI=1S/C20H26ClN3O5S/c1-13-9-18(14(2)8-16(13)21)30(28,29)24-7-5-22-20(27)17(24)10-19(26)23-6-3-4-15(11-23)12-25/h5,7-9,15,17,25H,3-4,6,10-12H2,1-2H3,(H,22,27)/t15-,17+/m1/s1. The number of likely N-dealkylation sites (tertiary alicyclic amines) is 1. The Morgan fingerprint density at radius 1 is 1.30 bits per heavy atom. The van der Waals surface area contributed by atoms with E-state index in [0.29, 0.717) is 29.2 Å². The molecule has 8 nitrogen and oxygen atoms in total. The summed E-state index contributed by atoms with van der Waals surface area (Å²) in [5.41, 5.74) is 1.05. The average Bonchev–Trinajstić information content (AvgIpc) is 2.71. The lowest BCUT2D eigenvalue weighted by atomic mass is 9.98. The molecule has 1 fully saturated rings. The van der Waals surface area contributed by atoms with Crippen LogP contribution in [0.15, 0.2) is 29.4 Å². The van der Waals surface area contributed by atoms with E-state index in [1.165, 1.54) is 18.5 Å². The summed E-state index contributed by atoms with van der Waals surface area (Å²) in [5.74, 6) is -0.872. The van der Waals surface area contributed by atoms with Gasteiger partial charge in [0.2, 0.25) is 11.8 Å². The largest absolute Gasteiger partial charge is 0.396 e. The third kappa shape index (κ3) is 4.48. The SMILES string of the molecule is Cc1cc(S(=O)(=O)N2C=CNC(=O)[C@@H]2CC(=O)N2CCC[C@@H](CO)C2)c(C)cc1Cl. The Bertz CT molecular complexity index is 979. The molecule has 3 rings (SSSR count). The molecule has 1 saturated heterocycles. The van der Waals surface area contributed by atoms with Crippen molar-refractivity contribution in [2.45, 2.75) is 44.0 Å². The van der Waals surface area contributed by atoms with Gasteiger partial charge >= 0.3 is 0 Å². The molecule has 2 aliphatic rings. The highest BCUT2D eigenvalue weighted by Gasteiger charge is 2.39. The zero-order valence-electron chi connectivity index (χ0n) is 17.0. The first kappa shape index (κ1) is 22.6. The summed E-state index contributed by atoms with van der Waals surface area (Å²) in [6, 6.07) is 1.85. The maximum absolute atomic E-state index is 13.4. The van der Waals surface area contributed by atoms with Crippen molar-refractivity contribution in [3.05, 3.63) is 40.7 Å². The third-order valence-electron chi connectivity index (χ3n) is 5.57. The smallest absolute Gasteiger partial charge is 0.264 e. The second kappa shape index (κ2) is 8.95. The van der Waals surface area contributed by atoms with E-state index in [4.69, 9.17) is 11.6 Å². The van der Waals surface area contributed by atoms with Crippen LogP contribution in [-0.2, 0) is 19.6 Å². The fraction of sp³-hybridized carbons (Fsp3) is 0.500. The number of piperidine rings is 1. The van der Waals surface area contributed by atoms with E-state index in [0.717, 1.165) is 17.1 Å². The number of carbonyl (C=O) groups excluding carboxylic acids is 2. The van der Waals surface area contributed by atoms with Crippen LogP contribution in [0.25, 0.3) is 0 Å². The molecule has 0 aromatic heterocycles. The number of sulfonamides is 1. The maximum Gasteiger partial charge on any atom is 0.264 e. The molecule has 2 aliphatic heterocycles. The number of hydrogen-bond donors (Lipinski definition) is 2. The van der Waals surface area contributed by atoms with Crippen molar-refractivity contribution in [3.8, 4) is 0 Å². The van der Waals surface area contributed by atoms with Gasteiger partial charge in [-0.1, -0.05) is 11.6 Å². The van der Waals surface area contributed by atoms with Crippen LogP contribution < -0.4 is 5.32 Å². The number of hydrogen-bond acceptors (Lipinski definition) is 5. The van der Waals surface area contributed by atoms with Gasteiger partial charge < -0.3 is 15.3 Å². The Balaban J connectivity index is 1.88. The summed E-state index contributed by atoms with van der Waals surface area (Å²) in [6.45, 7) is 4.26. The Morgan fingerprint density at radius 3 is 2.73 bits per heavy atom. The van der Waals surface area contributed by atoms with E-state index in [1.807, 2.05) is 0 Å². The summed E-state index contributed by atoms with van der Waals surface area (Å²) in [5, 5.41) is 12.3. The molecule has 164 valence electrons. The molecule has 0 bridgehead atoms. The second-order valence-electron chi connectivity index (χ2n) is 7.78. The first-order valence-electron chi connectivity index (χ1n) is 9.81. The number of aliphatic hydroxyl groups excluding tert-OH is 1. The number of nitrogens with zero attached hydrogens (tertiary/aromatic N) is 2. The number of halogens is 1. The second-order valence-corrected chi connectivity index (χ2v) is 10.00. The Labute approximate surface area is 181 Å². The van der Waals surface area contributed by atoms with Crippen molar-refractivity contribution in [1.82, 2.24) is 14.5 Å². The molecule has 2 N–H and O–H groups in total. The van der Waals surface area contributed by atoms with E-state index in [1.54, 1.807) is 24.8 Å². The molecule has 2 amide bonds. The van der Waals surface area contributed by atoms with Crippen molar-refractivity contribution in [1.29, 1.82) is 0 Å². The quantitative estimate of drug-likeness (QED) is 0.700. The predicted molar refractivity (Wildman–Crippen MR) is 112 cm³/mol. The van der Waals surface area contributed by atoms with Crippen LogP contribution in [0.1, 0.15) is 30.4 Å². The van der Waals surface area contributed by atoms with E-state index < -0.39 is 22.0 Å². The molecule has 0 radical (unpaired) electrons. The van der Waals surface area contributed by atoms with Crippen molar-refractivity contribution in [3.63, 3.8) is 0 Å². The summed E-state index contributed by atoms with van der Waals surface area (Å²) < 4.78 is 27.7. The Hall–Kier alpha value is -2.10. The zero-order valence-corrected chi connectivity index (χ0v) is 18.5. The summed E-state index contributed by atoms with van der Waals surface area (Å²) in [4.78, 5) is 27.0. The lowest BCUT2D eigenvalue weighted by molar-refractivity contribution is -0.137. The van der Waals surface area contributed by atoms with E-state index in [9.17, 15) is 23.1 Å². The summed E-state index contributed by atoms with van der Waals surface area (Å²) >= 11 is 6.10. The Morgan fingerprint density at radius 2 is 2.03 bits per heavy atom. The van der Waals surface area contributed by atoms with Crippen molar-refractivity contribution < 1.29 is 23.1 Å². The fourth-order valence-electron chi connectivity index (χ4n) is 3.82. The highest BCUT2D eigenvalue weighted by Crippen LogP contribution is 2.29. The van der Waals surface area contributed by atoms with Gasteiger partial charge in [0.25, 0.3) is 10.0 Å². The molecule has 0 unspecified atom stereocenters. The molecule has 10 heteroatoms. The van der Waals surface area contributed by atoms with Gasteiger partial charge in [-0.25, -0.2) is 8.42 Å². The summed E-state index contributed by atoms with van der Waals surface area (Å²) in [6.07, 6.45) is 3.84. The van der Waals surface area contributed by atoms with Crippen LogP contribution in [0.3, 0.4) is 0 Å². The van der Waals surface area contributed by atoms with Crippen molar-refractivity contribution in [2.75, 3.05) is 19.7 Å². The van der Waals surface area contributed by atoms with E-state index in [-0.39, 0.29) is 29.7 Å². The van der Waals surface area contributed by atoms with Crippen LogP contribution in [-0.4, -0.2) is 60.3 Å². The van der Waals surface area contributed by atoms with E-state index >= 15 is 0 Å². The van der Waals surface area contributed by atoms with Gasteiger partial charge in [0.05, 0.1) is 11.3 Å². The van der Waals surface area contributed by atoms with Gasteiger partial charge in [-0.3, -0.25) is 13.9 Å². The minimum atomic E-state index is -4.09. The van der Waals surface area contributed by atoms with Crippen LogP contribution in [0.2, 0.25) is 5.02 Å². The molecule has 30 heavy (non-hydrogen) atoms. The van der Waals surface area contributed by atoms with Crippen LogP contribution >= 0.6 is 11.6 Å². The average molecular weight is 456 g/mol.